The smallest absolute Gasteiger partial charge is 0.246 e. The number of aliphatic hydroxyl groups is 2. The molecule has 3 saturated heterocycles. The molecule has 6 aliphatic rings. The number of phenolic OH excluding ortho intramolecular Hbond substituents is 1. The summed E-state index contributed by atoms with van der Waals surface area (Å²) < 4.78 is 0. The number of carbonyl (C=O) groups is 3. The number of rotatable bonds is 13. The number of aromatic nitrogens is 4. The van der Waals surface area contributed by atoms with Gasteiger partial charge in [-0.05, 0) is 91.7 Å². The fraction of sp³-hybridized carbons (Fsp3) is 0.537. The number of nitrogens with one attached hydrogen (secondary N) is 3. The molecular weight excluding hydrogens is 913 g/mol. The lowest BCUT2D eigenvalue weighted by molar-refractivity contribution is -0.145. The van der Waals surface area contributed by atoms with E-state index in [1.54, 1.807) is 24.3 Å². The zero-order valence-electron chi connectivity index (χ0n) is 41.4. The fourth-order valence-electron chi connectivity index (χ4n) is 12.2. The van der Waals surface area contributed by atoms with Gasteiger partial charge >= 0.3 is 0 Å². The summed E-state index contributed by atoms with van der Waals surface area (Å²) in [6.45, 7) is 10.6. The average Bonchev–Trinajstić information content (AvgIpc) is 3.80. The lowest BCUT2D eigenvalue weighted by Gasteiger charge is -2.56. The number of hydrogen-bond acceptors (Lipinski definition) is 15. The molecule has 2 aliphatic carbocycles. The minimum atomic E-state index is -0.985. The zero-order chi connectivity index (χ0) is 50.1. The Morgan fingerprint density at radius 2 is 1.64 bits per heavy atom. The molecule has 2 aromatic carbocycles. The highest BCUT2D eigenvalue weighted by Gasteiger charge is 2.50. The van der Waals surface area contributed by atoms with Gasteiger partial charge < -0.3 is 50.9 Å². The summed E-state index contributed by atoms with van der Waals surface area (Å²) >= 11 is 0. The van der Waals surface area contributed by atoms with Gasteiger partial charge in [-0.2, -0.15) is 0 Å². The molecule has 0 radical (unpaired) electrons. The number of fused-ring (bicyclic) bond motifs is 3. The predicted molar refractivity (Wildman–Crippen MR) is 274 cm³/mol. The second-order valence-electron chi connectivity index (χ2n) is 21.6. The number of phenols is 1. The Kier molecular flexibility index (Phi) is 14.0. The highest BCUT2D eigenvalue weighted by molar-refractivity contribution is 5.93. The number of likely N-dealkylation sites (tertiary alicyclic amines) is 1. The summed E-state index contributed by atoms with van der Waals surface area (Å²) in [5.74, 6) is 3.05. The van der Waals surface area contributed by atoms with Crippen LogP contribution in [-0.2, 0) is 20.9 Å². The standard InChI is InChI=1S/C54H68N12O6/c1-4-35-9-11-36(12-10-35)29-56-50(71)45-25-41(68)34-66(45)51(72)47(53(2,3)17-24-67)59-49(70)37-13-15-54(16-14-37)27-38(28-54)62-18-20-63(21-19-62)39-30-57-52(58-31-39)64-22-23-65-40(33-64)32-55-48-44(65)26-43(60-61-48)42-7-5-6-8-46(42)69/h1,5-12,26,30-31,37-38,40-41,45,47,67-69H,13-25,27-29,32-34H2,2-3H3,(H,55,61)(H,56,71)(H,59,70)/t37?,38?,40-,41+,45-,47+,54?/m0/s1. The van der Waals surface area contributed by atoms with E-state index < -0.39 is 29.5 Å². The van der Waals surface area contributed by atoms with Crippen molar-refractivity contribution in [2.75, 3.05) is 85.5 Å². The molecule has 18 heteroatoms. The van der Waals surface area contributed by atoms with E-state index in [2.05, 4.69) is 51.7 Å². The van der Waals surface area contributed by atoms with E-state index in [0.717, 1.165) is 125 Å². The first kappa shape index (κ1) is 49.0. The van der Waals surface area contributed by atoms with Gasteiger partial charge in [0.1, 0.15) is 17.8 Å². The lowest BCUT2D eigenvalue weighted by Crippen LogP contribution is -2.60. The Bertz CT molecular complexity index is 2640. The van der Waals surface area contributed by atoms with E-state index in [9.17, 15) is 29.7 Å². The van der Waals surface area contributed by atoms with Gasteiger partial charge in [-0.3, -0.25) is 19.3 Å². The van der Waals surface area contributed by atoms with Crippen molar-refractivity contribution in [3.05, 3.63) is 78.1 Å². The second-order valence-corrected chi connectivity index (χ2v) is 21.6. The number of benzene rings is 2. The molecule has 5 fully saturated rings. The number of terminal acetylenes is 1. The van der Waals surface area contributed by atoms with E-state index in [4.69, 9.17) is 16.4 Å². The number of amides is 3. The summed E-state index contributed by atoms with van der Waals surface area (Å²) in [4.78, 5) is 62.7. The van der Waals surface area contributed by atoms with Crippen LogP contribution in [-0.4, -0.2) is 159 Å². The molecule has 0 bridgehead atoms. The van der Waals surface area contributed by atoms with Crippen molar-refractivity contribution in [1.82, 2.24) is 40.6 Å². The Labute approximate surface area is 421 Å². The summed E-state index contributed by atoms with van der Waals surface area (Å²) in [6, 6.07) is 15.3. The van der Waals surface area contributed by atoms with Gasteiger partial charge in [-0.1, -0.05) is 44.0 Å². The van der Waals surface area contributed by atoms with Crippen LogP contribution in [0.1, 0.15) is 76.3 Å². The first-order chi connectivity index (χ1) is 34.8. The van der Waals surface area contributed by atoms with Gasteiger partial charge in [-0.15, -0.1) is 16.6 Å². The molecule has 6 heterocycles. The first-order valence-electron chi connectivity index (χ1n) is 25.8. The lowest BCUT2D eigenvalue weighted by atomic mass is 9.56. The van der Waals surface area contributed by atoms with Crippen LogP contribution in [0.25, 0.3) is 11.3 Å². The minimum Gasteiger partial charge on any atom is -0.507 e. The molecule has 1 spiro atoms. The van der Waals surface area contributed by atoms with Gasteiger partial charge in [0.25, 0.3) is 0 Å². The van der Waals surface area contributed by atoms with Crippen molar-refractivity contribution in [2.24, 2.45) is 16.7 Å². The number of aliphatic hydroxyl groups excluding tert-OH is 2. The number of hydrogen-bond donors (Lipinski definition) is 6. The van der Waals surface area contributed by atoms with Crippen LogP contribution in [0, 0.1) is 29.1 Å². The molecule has 10 rings (SSSR count). The zero-order valence-corrected chi connectivity index (χ0v) is 41.4. The number of aromatic hydroxyl groups is 1. The Morgan fingerprint density at radius 1 is 0.917 bits per heavy atom. The molecule has 72 heavy (non-hydrogen) atoms. The molecule has 4 aromatic rings. The van der Waals surface area contributed by atoms with Gasteiger partial charge in [0.2, 0.25) is 23.7 Å². The van der Waals surface area contributed by atoms with Crippen molar-refractivity contribution >= 4 is 40.9 Å². The first-order valence-corrected chi connectivity index (χ1v) is 25.8. The normalized spacial score (nSPS) is 25.6. The van der Waals surface area contributed by atoms with Crippen LogP contribution in [0.4, 0.5) is 23.1 Å². The molecule has 2 saturated carbocycles. The Hall–Kier alpha value is -6.55. The van der Waals surface area contributed by atoms with Crippen molar-refractivity contribution in [3.63, 3.8) is 0 Å². The van der Waals surface area contributed by atoms with Gasteiger partial charge in [0.15, 0.2) is 5.82 Å². The quantitative estimate of drug-likeness (QED) is 0.106. The molecule has 4 aliphatic heterocycles. The van der Waals surface area contributed by atoms with Gasteiger partial charge in [0, 0.05) is 102 Å². The van der Waals surface area contributed by atoms with Gasteiger partial charge in [-0.25, -0.2) is 9.97 Å². The second kappa shape index (κ2) is 20.5. The largest absolute Gasteiger partial charge is 0.507 e. The maximum absolute atomic E-state index is 14.4. The highest BCUT2D eigenvalue weighted by Crippen LogP contribution is 2.54. The van der Waals surface area contributed by atoms with Crippen molar-refractivity contribution in [2.45, 2.75) is 102 Å². The predicted octanol–water partition coefficient (Wildman–Crippen LogP) is 3.37. The van der Waals surface area contributed by atoms with Crippen molar-refractivity contribution in [3.8, 4) is 29.4 Å². The summed E-state index contributed by atoms with van der Waals surface area (Å²) in [6.07, 6.45) is 14.6. The number of carbonyl (C=O) groups excluding carboxylic acids is 3. The third kappa shape index (κ3) is 10.1. The number of piperazine rings is 2. The monoisotopic (exact) mass is 981 g/mol. The number of anilines is 4. The summed E-state index contributed by atoms with van der Waals surface area (Å²) in [5, 5.41) is 49.4. The number of β-amino-alcohol motifs (C(OH)–C–C–N with tert-alkyl or cyclic N) is 1. The molecule has 6 N–H and O–H groups in total. The maximum atomic E-state index is 14.4. The topological polar surface area (TPSA) is 216 Å². The molecule has 2 aromatic heterocycles. The van der Waals surface area contributed by atoms with Crippen LogP contribution in [0.3, 0.4) is 0 Å². The Morgan fingerprint density at radius 3 is 2.35 bits per heavy atom. The molecule has 3 amide bonds. The molecule has 18 nitrogen and oxygen atoms in total. The van der Waals surface area contributed by atoms with Gasteiger partial charge in [0.05, 0.1) is 41.6 Å². The average molecular weight is 981 g/mol. The summed E-state index contributed by atoms with van der Waals surface area (Å²) in [5.41, 5.74) is 4.32. The van der Waals surface area contributed by atoms with E-state index in [0.29, 0.717) is 17.3 Å². The molecule has 0 unspecified atom stereocenters. The fourth-order valence-corrected chi connectivity index (χ4v) is 12.2. The van der Waals surface area contributed by atoms with E-state index in [1.807, 2.05) is 56.6 Å². The maximum Gasteiger partial charge on any atom is 0.246 e. The van der Waals surface area contributed by atoms with Crippen LogP contribution >= 0.6 is 0 Å². The van der Waals surface area contributed by atoms with E-state index >= 15 is 0 Å². The van der Waals surface area contributed by atoms with Crippen molar-refractivity contribution in [1.29, 1.82) is 0 Å². The molecule has 380 valence electrons. The molecular formula is C54H68N12O6. The summed E-state index contributed by atoms with van der Waals surface area (Å²) in [7, 11) is 0. The molecule has 4 atom stereocenters. The van der Waals surface area contributed by atoms with Crippen LogP contribution < -0.4 is 30.7 Å². The minimum absolute atomic E-state index is 0.0173. The number of nitrogens with zero attached hydrogens (tertiary/aromatic N) is 9. The van der Waals surface area contributed by atoms with E-state index in [-0.39, 0.29) is 67.5 Å². The van der Waals surface area contributed by atoms with Crippen molar-refractivity contribution < 1.29 is 29.7 Å². The Balaban J connectivity index is 0.679. The third-order valence-corrected chi connectivity index (χ3v) is 16.6. The van der Waals surface area contributed by atoms with Crippen LogP contribution in [0.2, 0.25) is 0 Å². The third-order valence-electron chi connectivity index (χ3n) is 16.6. The SMILES string of the molecule is C#Cc1ccc(CNC(=O)[C@@H]2C[C@@H](O)CN2C(=O)[C@@H](NC(=O)C2CCC3(CC2)CC(N2CCN(c4cnc(N5CCN6c7cc(-c8ccccc8O)nnc7NC[C@H]6C5)nc4)CC2)C3)C(C)(C)CCO)cc1. The van der Waals surface area contributed by atoms with E-state index in [1.165, 1.54) is 4.90 Å². The number of para-hydroxylation sites is 1. The van der Waals surface area contributed by atoms with Crippen LogP contribution in [0.15, 0.2) is 67.0 Å². The van der Waals surface area contributed by atoms with Crippen LogP contribution in [0.5, 0.6) is 5.75 Å². The highest BCUT2D eigenvalue weighted by atomic mass is 16.3.